The van der Waals surface area contributed by atoms with Crippen LogP contribution in [0.5, 0.6) is 0 Å². The maximum Gasteiger partial charge on any atom is 0.680 e. The number of benzene rings is 3. The molecule has 0 N–H and O–H groups in total. The van der Waals surface area contributed by atoms with Crippen LogP contribution in [0.2, 0.25) is 5.28 Å². The summed E-state index contributed by atoms with van der Waals surface area (Å²) in [5, 5.41) is 0.547. The molecule has 0 aromatic heterocycles. The normalized spacial score (nSPS) is 22.3. The van der Waals surface area contributed by atoms with Gasteiger partial charge in [0.05, 0.1) is 16.7 Å². The molecule has 13 heteroatoms. The Bertz CT molecular complexity index is 1630. The number of esters is 3. The lowest BCUT2D eigenvalue weighted by Crippen LogP contribution is -2.63. The molecule has 1 unspecified atom stereocenters. The maximum atomic E-state index is 13.7. The fraction of sp³-hybridized carbons (Fsp3) is 0.333. The molecule has 2 heterocycles. The van der Waals surface area contributed by atoms with Crippen molar-refractivity contribution in [3.05, 3.63) is 120 Å². The van der Waals surface area contributed by atoms with Gasteiger partial charge < -0.3 is 27.5 Å². The Morgan fingerprint density at radius 2 is 1.35 bits per heavy atom. The first-order chi connectivity index (χ1) is 23.7. The molecule has 2 aliphatic heterocycles. The number of ether oxygens (including phenoxy) is 5. The van der Waals surface area contributed by atoms with Crippen molar-refractivity contribution in [1.82, 2.24) is 4.90 Å². The SMILES string of the molecule is CCC(C)/C=C(\[O][Al]([Cl])[CH2]C)N1C(=O)O[C@H]2O[C@H](COC(=O)c3ccccc3)[C@@H](OC(=O)c3ccccc3)[C@H](OC(=O)c3ccccc3)[C@H]21. The lowest BCUT2D eigenvalue weighted by molar-refractivity contribution is -0.240. The number of allylic oxidation sites excluding steroid dienone is 1. The van der Waals surface area contributed by atoms with E-state index >= 15 is 0 Å². The van der Waals surface area contributed by atoms with Crippen LogP contribution in [0.4, 0.5) is 4.79 Å². The summed E-state index contributed by atoms with van der Waals surface area (Å²) in [7, 11) is 6.56. The molecule has 3 aromatic carbocycles. The summed E-state index contributed by atoms with van der Waals surface area (Å²) in [4.78, 5) is 55.1. The Balaban J connectivity index is 1.57. The highest BCUT2D eigenvalue weighted by molar-refractivity contribution is 7.03. The number of hydrogen-bond donors (Lipinski definition) is 0. The van der Waals surface area contributed by atoms with Crippen molar-refractivity contribution >= 4 is 47.6 Å². The molecule has 6 atom stereocenters. The quantitative estimate of drug-likeness (QED) is 0.0843. The summed E-state index contributed by atoms with van der Waals surface area (Å²) >= 11 is -2.32. The van der Waals surface area contributed by atoms with Crippen LogP contribution in [0.3, 0.4) is 0 Å². The summed E-state index contributed by atoms with van der Waals surface area (Å²) in [5.74, 6) is -2.07. The van der Waals surface area contributed by atoms with Crippen molar-refractivity contribution < 1.29 is 46.7 Å². The Morgan fingerprint density at radius 3 is 1.86 bits per heavy atom. The maximum absolute atomic E-state index is 13.7. The Hall–Kier alpha value is -4.34. The van der Waals surface area contributed by atoms with E-state index < -0.39 is 74.8 Å². The Kier molecular flexibility index (Phi) is 12.4. The summed E-state index contributed by atoms with van der Waals surface area (Å²) in [6.07, 6.45) is -3.69. The van der Waals surface area contributed by atoms with E-state index in [0.29, 0.717) is 5.28 Å². The van der Waals surface area contributed by atoms with Crippen molar-refractivity contribution in [3.8, 4) is 0 Å². The van der Waals surface area contributed by atoms with Gasteiger partial charge in [0, 0.05) is 0 Å². The summed E-state index contributed by atoms with van der Waals surface area (Å²) in [6, 6.07) is 23.6. The molecule has 2 saturated heterocycles. The predicted octanol–water partition coefficient (Wildman–Crippen LogP) is 6.49. The van der Waals surface area contributed by atoms with Crippen molar-refractivity contribution in [2.75, 3.05) is 6.61 Å². The van der Waals surface area contributed by atoms with Gasteiger partial charge in [0.2, 0.25) is 6.29 Å². The van der Waals surface area contributed by atoms with E-state index in [1.807, 2.05) is 20.8 Å². The minimum atomic E-state index is -2.32. The van der Waals surface area contributed by atoms with E-state index in [2.05, 4.69) is 0 Å². The lowest BCUT2D eigenvalue weighted by Gasteiger charge is -2.43. The van der Waals surface area contributed by atoms with Crippen LogP contribution < -0.4 is 0 Å². The average molecular weight is 706 g/mol. The molecule has 256 valence electrons. The molecule has 11 nitrogen and oxygen atoms in total. The van der Waals surface area contributed by atoms with Gasteiger partial charge in [-0.2, -0.15) is 0 Å². The second-order valence-electron chi connectivity index (χ2n) is 11.6. The lowest BCUT2D eigenvalue weighted by atomic mass is 9.95. The average Bonchev–Trinajstić information content (AvgIpc) is 3.47. The molecule has 3 aromatic rings. The molecule has 0 aliphatic carbocycles. The minimum absolute atomic E-state index is 0.0387. The number of amides is 1. The highest BCUT2D eigenvalue weighted by Crippen LogP contribution is 2.39. The molecule has 0 radical (unpaired) electrons. The molecule has 0 bridgehead atoms. The van der Waals surface area contributed by atoms with Crippen LogP contribution in [0.15, 0.2) is 103 Å². The number of rotatable bonds is 13. The standard InChI is InChI=1S/C34H33NO10.C2H5.Al.ClH/c1-3-21(2)19-26(36)35-27-29(44-32(39)24-17-11-6-12-18-24)28(43-31(38)23-15-9-5-10-16-23)25(42-33(27)45-34(35)40)20-41-30(37)22-13-7-4-8-14-22;1-2;;/h4-19,21,25,27-29,33,36H,3,20H2,1-2H3;1H2,2H3;;1H/q;;+2;/p-2/b26-19-;;;/t21?,25-,27-,28-,29-,33-;;;/m1.../s1. The van der Waals surface area contributed by atoms with E-state index in [1.54, 1.807) is 97.1 Å². The van der Waals surface area contributed by atoms with Crippen molar-refractivity contribution in [3.63, 3.8) is 0 Å². The third kappa shape index (κ3) is 8.83. The second kappa shape index (κ2) is 16.9. The minimum Gasteiger partial charge on any atom is -0.619 e. The van der Waals surface area contributed by atoms with Gasteiger partial charge in [-0.05, 0) is 60.1 Å². The molecule has 1 amide bonds. The van der Waals surface area contributed by atoms with Gasteiger partial charge in [0.25, 0.3) is 0 Å². The van der Waals surface area contributed by atoms with E-state index in [4.69, 9.17) is 37.5 Å². The van der Waals surface area contributed by atoms with Gasteiger partial charge in [-0.15, -0.1) is 0 Å². The smallest absolute Gasteiger partial charge is 0.619 e. The predicted molar refractivity (Wildman–Crippen MR) is 179 cm³/mol. The van der Waals surface area contributed by atoms with Gasteiger partial charge in [-0.25, -0.2) is 34.1 Å². The summed E-state index contributed by atoms with van der Waals surface area (Å²) in [6.45, 7) is 5.38. The number of nitrogens with zero attached hydrogens (tertiary/aromatic N) is 1. The Morgan fingerprint density at radius 1 is 0.837 bits per heavy atom. The number of carbonyl (C=O) groups excluding carboxylic acids is 4. The fourth-order valence-corrected chi connectivity index (χ4v) is 6.18. The first kappa shape index (κ1) is 36.0. The Labute approximate surface area is 293 Å². The molecule has 0 spiro atoms. The van der Waals surface area contributed by atoms with Crippen LogP contribution >= 0.6 is 10.0 Å². The van der Waals surface area contributed by atoms with Crippen LogP contribution in [-0.4, -0.2) is 79.7 Å². The van der Waals surface area contributed by atoms with E-state index in [1.165, 1.54) is 4.90 Å². The molecule has 5 rings (SSSR count). The highest BCUT2D eigenvalue weighted by Gasteiger charge is 2.60. The molecule has 49 heavy (non-hydrogen) atoms. The van der Waals surface area contributed by atoms with Crippen molar-refractivity contribution in [2.24, 2.45) is 5.92 Å². The number of carbonyl (C=O) groups is 4. The summed E-state index contributed by atoms with van der Waals surface area (Å²) < 4.78 is 35.9. The molecule has 0 saturated carbocycles. The molecular weight excluding hydrogens is 669 g/mol. The monoisotopic (exact) mass is 705 g/mol. The van der Waals surface area contributed by atoms with Crippen molar-refractivity contribution in [1.29, 1.82) is 0 Å². The van der Waals surface area contributed by atoms with Crippen LogP contribution in [0.1, 0.15) is 58.3 Å². The number of halogens is 1. The third-order valence-electron chi connectivity index (χ3n) is 8.10. The molecule has 2 fully saturated rings. The van der Waals surface area contributed by atoms with Crippen LogP contribution in [0, 0.1) is 5.92 Å². The summed E-state index contributed by atoms with van der Waals surface area (Å²) in [5.41, 5.74) is 0.716. The third-order valence-corrected chi connectivity index (χ3v) is 10.4. The highest BCUT2D eigenvalue weighted by atomic mass is 35.6. The van der Waals surface area contributed by atoms with E-state index in [0.717, 1.165) is 6.42 Å². The zero-order valence-corrected chi connectivity index (χ0v) is 29.2. The number of fused-ring (bicyclic) bond motifs is 1. The van der Waals surface area contributed by atoms with Gasteiger partial charge in [0.15, 0.2) is 18.1 Å². The van der Waals surface area contributed by atoms with E-state index in [-0.39, 0.29) is 28.5 Å². The van der Waals surface area contributed by atoms with Gasteiger partial charge in [-0.3, -0.25) is 0 Å². The first-order valence-electron chi connectivity index (χ1n) is 16.1. The topological polar surface area (TPSA) is 127 Å². The van der Waals surface area contributed by atoms with Gasteiger partial charge in [0.1, 0.15) is 18.8 Å². The first-order valence-corrected chi connectivity index (χ1v) is 19.2. The van der Waals surface area contributed by atoms with Crippen molar-refractivity contribution in [2.45, 2.75) is 63.1 Å². The molecular formula is C36H37AlClNO10. The zero-order chi connectivity index (χ0) is 34.9. The fourth-order valence-electron chi connectivity index (χ4n) is 5.28. The zero-order valence-electron chi connectivity index (χ0n) is 27.3. The van der Waals surface area contributed by atoms with E-state index in [9.17, 15) is 19.2 Å². The van der Waals surface area contributed by atoms with Gasteiger partial charge >= 0.3 is 37.6 Å². The second-order valence-corrected chi connectivity index (χ2v) is 14.9. The van der Waals surface area contributed by atoms with Crippen LogP contribution in [0.25, 0.3) is 0 Å². The molecule has 2 aliphatic rings. The largest absolute Gasteiger partial charge is 0.680 e. The number of hydrogen-bond acceptors (Lipinski definition) is 10. The van der Waals surface area contributed by atoms with Gasteiger partial charge in [-0.1, -0.05) is 75.4 Å². The van der Waals surface area contributed by atoms with Crippen LogP contribution in [-0.2, 0) is 27.5 Å².